The second-order valence-electron chi connectivity index (χ2n) is 7.59. The molecule has 25 heavy (non-hydrogen) atoms. The van der Waals surface area contributed by atoms with E-state index in [1.54, 1.807) is 6.07 Å². The average molecular weight is 337 g/mol. The number of nitriles is 1. The number of benzene rings is 2. The van der Waals surface area contributed by atoms with E-state index in [0.29, 0.717) is 11.3 Å². The maximum atomic E-state index is 14.2. The molecule has 0 atom stereocenters. The van der Waals surface area contributed by atoms with Crippen LogP contribution in [0.5, 0.6) is 0 Å². The molecule has 0 amide bonds. The van der Waals surface area contributed by atoms with E-state index in [4.69, 9.17) is 5.26 Å². The Kier molecular flexibility index (Phi) is 6.08. The van der Waals surface area contributed by atoms with Gasteiger partial charge < -0.3 is 0 Å². The SMILES string of the molecule is CCCCCC[C@H]1CC[C@H](c2ccc3c(F)c(C#N)ccc3c2)CC1. The Morgan fingerprint density at radius 2 is 1.84 bits per heavy atom. The minimum atomic E-state index is -0.387. The molecule has 0 bridgehead atoms. The molecule has 1 aliphatic carbocycles. The Balaban J connectivity index is 1.63. The summed E-state index contributed by atoms with van der Waals surface area (Å²) >= 11 is 0. The van der Waals surface area contributed by atoms with Crippen LogP contribution in [0.3, 0.4) is 0 Å². The minimum Gasteiger partial charge on any atom is -0.205 e. The van der Waals surface area contributed by atoms with Crippen LogP contribution in [0.15, 0.2) is 30.3 Å². The van der Waals surface area contributed by atoms with Gasteiger partial charge in [-0.3, -0.25) is 0 Å². The van der Waals surface area contributed by atoms with Gasteiger partial charge in [0.25, 0.3) is 0 Å². The van der Waals surface area contributed by atoms with Gasteiger partial charge in [0.1, 0.15) is 11.9 Å². The van der Waals surface area contributed by atoms with Crippen molar-refractivity contribution in [2.24, 2.45) is 5.92 Å². The van der Waals surface area contributed by atoms with Crippen LogP contribution in [-0.2, 0) is 0 Å². The largest absolute Gasteiger partial charge is 0.205 e. The first-order valence-corrected chi connectivity index (χ1v) is 9.85. The Bertz CT molecular complexity index is 751. The molecule has 0 N–H and O–H groups in total. The molecule has 0 aliphatic heterocycles. The lowest BCUT2D eigenvalue weighted by Crippen LogP contribution is -2.13. The minimum absolute atomic E-state index is 0.129. The van der Waals surface area contributed by atoms with E-state index in [-0.39, 0.29) is 11.4 Å². The van der Waals surface area contributed by atoms with Crippen LogP contribution in [-0.4, -0.2) is 0 Å². The molecule has 1 nitrogen and oxygen atoms in total. The molecule has 1 aliphatic rings. The highest BCUT2D eigenvalue weighted by Gasteiger charge is 2.22. The number of halogens is 1. The van der Waals surface area contributed by atoms with Crippen LogP contribution in [0.1, 0.15) is 81.8 Å². The summed E-state index contributed by atoms with van der Waals surface area (Å²) in [6, 6.07) is 11.4. The maximum Gasteiger partial charge on any atom is 0.148 e. The van der Waals surface area contributed by atoms with Crippen molar-refractivity contribution >= 4 is 10.8 Å². The van der Waals surface area contributed by atoms with Gasteiger partial charge in [0.2, 0.25) is 0 Å². The van der Waals surface area contributed by atoms with E-state index in [1.165, 1.54) is 63.4 Å². The van der Waals surface area contributed by atoms with Crippen molar-refractivity contribution in [2.45, 2.75) is 70.6 Å². The van der Waals surface area contributed by atoms with Gasteiger partial charge in [0.15, 0.2) is 0 Å². The summed E-state index contributed by atoms with van der Waals surface area (Å²) in [4.78, 5) is 0. The van der Waals surface area contributed by atoms with E-state index in [2.05, 4.69) is 19.1 Å². The van der Waals surface area contributed by atoms with Crippen LogP contribution in [0, 0.1) is 23.1 Å². The molecule has 3 rings (SSSR count). The van der Waals surface area contributed by atoms with Gasteiger partial charge in [-0.25, -0.2) is 4.39 Å². The number of hydrogen-bond acceptors (Lipinski definition) is 1. The standard InChI is InChI=1S/C23H28FN/c1-2-3-4-5-6-17-7-9-18(10-8-17)19-13-14-22-20(15-19)11-12-21(16-25)23(22)24/h11-15,17-18H,2-10H2,1H3/t17-,18-. The molecule has 2 heteroatoms. The summed E-state index contributed by atoms with van der Waals surface area (Å²) in [6.45, 7) is 2.27. The fraction of sp³-hybridized carbons (Fsp3) is 0.522. The summed E-state index contributed by atoms with van der Waals surface area (Å²) in [5.74, 6) is 1.13. The summed E-state index contributed by atoms with van der Waals surface area (Å²) in [5.41, 5.74) is 1.46. The third kappa shape index (κ3) is 4.21. The van der Waals surface area contributed by atoms with Crippen molar-refractivity contribution in [3.05, 3.63) is 47.3 Å². The predicted molar refractivity (Wildman–Crippen MR) is 102 cm³/mol. The Hall–Kier alpha value is -1.88. The van der Waals surface area contributed by atoms with Crippen LogP contribution in [0.25, 0.3) is 10.8 Å². The lowest BCUT2D eigenvalue weighted by molar-refractivity contribution is 0.302. The Morgan fingerprint density at radius 3 is 2.56 bits per heavy atom. The van der Waals surface area contributed by atoms with Gasteiger partial charge in [-0.15, -0.1) is 0 Å². The first-order chi connectivity index (χ1) is 12.2. The molecule has 0 unspecified atom stereocenters. The normalized spacial score (nSPS) is 20.5. The van der Waals surface area contributed by atoms with E-state index < -0.39 is 0 Å². The van der Waals surface area contributed by atoms with E-state index in [0.717, 1.165) is 11.3 Å². The van der Waals surface area contributed by atoms with Crippen LogP contribution >= 0.6 is 0 Å². The molecule has 132 valence electrons. The van der Waals surface area contributed by atoms with Crippen LogP contribution < -0.4 is 0 Å². The number of fused-ring (bicyclic) bond motifs is 1. The molecule has 2 aromatic rings. The third-order valence-electron chi connectivity index (χ3n) is 5.88. The summed E-state index contributed by atoms with van der Waals surface area (Å²) < 4.78 is 14.2. The zero-order chi connectivity index (χ0) is 17.6. The number of nitrogens with zero attached hydrogens (tertiary/aromatic N) is 1. The fourth-order valence-corrected chi connectivity index (χ4v) is 4.29. The molecule has 0 radical (unpaired) electrons. The fourth-order valence-electron chi connectivity index (χ4n) is 4.29. The summed E-state index contributed by atoms with van der Waals surface area (Å²) in [7, 11) is 0. The maximum absolute atomic E-state index is 14.2. The van der Waals surface area contributed by atoms with Gasteiger partial charge >= 0.3 is 0 Å². The highest BCUT2D eigenvalue weighted by atomic mass is 19.1. The van der Waals surface area contributed by atoms with Gasteiger partial charge in [0.05, 0.1) is 5.56 Å². The molecule has 0 heterocycles. The van der Waals surface area contributed by atoms with Crippen LogP contribution in [0.2, 0.25) is 0 Å². The van der Waals surface area contributed by atoms with Gasteiger partial charge in [-0.05, 0) is 54.5 Å². The topological polar surface area (TPSA) is 23.8 Å². The van der Waals surface area contributed by atoms with Gasteiger partial charge in [-0.1, -0.05) is 63.3 Å². The molecule has 1 fully saturated rings. The smallest absolute Gasteiger partial charge is 0.148 e. The predicted octanol–water partition coefficient (Wildman–Crippen LogP) is 7.09. The Morgan fingerprint density at radius 1 is 1.04 bits per heavy atom. The van der Waals surface area contributed by atoms with Crippen molar-refractivity contribution in [1.82, 2.24) is 0 Å². The van der Waals surface area contributed by atoms with Gasteiger partial charge in [-0.2, -0.15) is 5.26 Å². The summed E-state index contributed by atoms with van der Waals surface area (Å²) in [6.07, 6.45) is 12.0. The van der Waals surface area contributed by atoms with Crippen LogP contribution in [0.4, 0.5) is 4.39 Å². The van der Waals surface area contributed by atoms with Crippen molar-refractivity contribution < 1.29 is 4.39 Å². The Labute approximate surface area is 150 Å². The highest BCUT2D eigenvalue weighted by Crippen LogP contribution is 2.38. The molecule has 0 spiro atoms. The summed E-state index contributed by atoms with van der Waals surface area (Å²) in [5, 5.41) is 10.4. The molecule has 0 saturated heterocycles. The first kappa shape index (κ1) is 17.9. The molecule has 2 aromatic carbocycles. The number of rotatable bonds is 6. The van der Waals surface area contributed by atoms with Crippen molar-refractivity contribution in [3.63, 3.8) is 0 Å². The van der Waals surface area contributed by atoms with Crippen molar-refractivity contribution in [2.75, 3.05) is 0 Å². The zero-order valence-corrected chi connectivity index (χ0v) is 15.2. The number of unbranched alkanes of at least 4 members (excludes halogenated alkanes) is 3. The van der Waals surface area contributed by atoms with Crippen molar-refractivity contribution in [3.8, 4) is 6.07 Å². The van der Waals surface area contributed by atoms with E-state index in [9.17, 15) is 4.39 Å². The van der Waals surface area contributed by atoms with Gasteiger partial charge in [0, 0.05) is 5.39 Å². The molecular formula is C23H28FN. The second-order valence-corrected chi connectivity index (χ2v) is 7.59. The molecular weight excluding hydrogens is 309 g/mol. The average Bonchev–Trinajstić information content (AvgIpc) is 2.66. The van der Waals surface area contributed by atoms with Crippen molar-refractivity contribution in [1.29, 1.82) is 5.26 Å². The van der Waals surface area contributed by atoms with E-state index in [1.807, 2.05) is 18.2 Å². The lowest BCUT2D eigenvalue weighted by Gasteiger charge is -2.29. The zero-order valence-electron chi connectivity index (χ0n) is 15.2. The molecule has 0 aromatic heterocycles. The molecule has 1 saturated carbocycles. The monoisotopic (exact) mass is 337 g/mol. The van der Waals surface area contributed by atoms with E-state index >= 15 is 0 Å². The lowest BCUT2D eigenvalue weighted by atomic mass is 9.76. The third-order valence-corrected chi connectivity index (χ3v) is 5.88. The first-order valence-electron chi connectivity index (χ1n) is 9.85. The second kappa shape index (κ2) is 8.48. The quantitative estimate of drug-likeness (QED) is 0.516. The highest BCUT2D eigenvalue weighted by molar-refractivity contribution is 5.85. The number of hydrogen-bond donors (Lipinski definition) is 0.